The second-order valence-corrected chi connectivity index (χ2v) is 25.3. The van der Waals surface area contributed by atoms with Gasteiger partial charge in [-0.05, 0) is 90.1 Å². The fourth-order valence-corrected chi connectivity index (χ4v) is 15.8. The molecule has 0 saturated heterocycles. The Morgan fingerprint density at radius 1 is 0.408 bits per heavy atom. The summed E-state index contributed by atoms with van der Waals surface area (Å²) in [5, 5.41) is 1.33. The molecule has 362 valence electrons. The molecule has 0 aromatic heterocycles. The summed E-state index contributed by atoms with van der Waals surface area (Å²) in [5.74, 6) is 4.85. The summed E-state index contributed by atoms with van der Waals surface area (Å²) in [6.07, 6.45) is 3.14. The maximum atomic E-state index is 16.9. The molecule has 0 saturated carbocycles. The molecule has 4 bridgehead atoms. The van der Waals surface area contributed by atoms with E-state index in [1.54, 1.807) is 12.1 Å². The number of hydrogen-bond acceptors (Lipinski definition) is 11. The van der Waals surface area contributed by atoms with Crippen molar-refractivity contribution in [1.82, 2.24) is 0 Å². The second kappa shape index (κ2) is 17.2. The van der Waals surface area contributed by atoms with E-state index in [1.165, 1.54) is 0 Å². The lowest BCUT2D eigenvalue weighted by molar-refractivity contribution is 0.00702. The van der Waals surface area contributed by atoms with E-state index in [2.05, 4.69) is 53.7 Å². The lowest BCUT2D eigenvalue weighted by Crippen LogP contribution is -2.43. The minimum atomic E-state index is -3.95. The molecule has 0 spiro atoms. The molecule has 7 aromatic rings. The molecule has 5 aliphatic heterocycles. The SMILES string of the molecule is CC1(C)Cc2cccc(OP3Oc4ccccc4P(=O)(c4ccccc4)c4ccccc4OP(Oc4cccc5c4OC(C)(C)C5)Oc4cccc5c4OC(C)(C5)CC4(C)Cc5cccc(c5O4)O3)c2O1. The maximum absolute atomic E-state index is 16.9. The van der Waals surface area contributed by atoms with Gasteiger partial charge in [0.2, 0.25) is 0 Å². The van der Waals surface area contributed by atoms with Gasteiger partial charge in [-0.1, -0.05) is 103 Å². The van der Waals surface area contributed by atoms with Crippen LogP contribution in [0.4, 0.5) is 0 Å². The molecule has 12 rings (SSSR count). The van der Waals surface area contributed by atoms with Gasteiger partial charge in [0.25, 0.3) is 0 Å². The molecule has 0 fully saturated rings. The highest BCUT2D eigenvalue weighted by Crippen LogP contribution is 2.58. The predicted octanol–water partition coefficient (Wildman–Crippen LogP) is 13.1. The van der Waals surface area contributed by atoms with Crippen LogP contribution in [0.1, 0.15) is 70.2 Å². The quantitative estimate of drug-likeness (QED) is 0.154. The first-order chi connectivity index (χ1) is 34.1. The zero-order chi connectivity index (χ0) is 48.8. The Morgan fingerprint density at radius 3 is 1.25 bits per heavy atom. The number of benzene rings is 7. The molecule has 7 aromatic carbocycles. The van der Waals surface area contributed by atoms with E-state index < -0.39 is 46.8 Å². The monoisotopic (exact) mass is 1010 g/mol. The third-order valence-corrected chi connectivity index (χ3v) is 18.6. The van der Waals surface area contributed by atoms with E-state index in [9.17, 15) is 0 Å². The van der Waals surface area contributed by atoms with Crippen molar-refractivity contribution in [2.24, 2.45) is 0 Å². The molecule has 11 nitrogen and oxygen atoms in total. The summed E-state index contributed by atoms with van der Waals surface area (Å²) in [6.45, 7) is 12.4. The molecule has 0 radical (unpaired) electrons. The molecule has 5 heterocycles. The predicted molar refractivity (Wildman–Crippen MR) is 276 cm³/mol. The number of fused-ring (bicyclic) bond motifs is 6. The highest BCUT2D eigenvalue weighted by atomic mass is 31.2. The zero-order valence-corrected chi connectivity index (χ0v) is 43.0. The van der Waals surface area contributed by atoms with Gasteiger partial charge < -0.3 is 50.7 Å². The van der Waals surface area contributed by atoms with E-state index in [-0.39, 0.29) is 11.5 Å². The van der Waals surface area contributed by atoms with E-state index >= 15 is 4.57 Å². The standard InChI is InChI=1S/C57H53O11P3/c1-54(2)32-37-18-14-26-44(50(37)59-54)65-69-63-42-24-10-12-30-48(42)71(58,41-22-8-7-9-23-41)49-31-13-11-25-43(49)64-70(66-45-27-15-19-38-33-55(3,4)60-51(38)45)68-47-29-17-21-40-35-57(6,62-53(40)47)36-56(5)34-39-20-16-28-46(67-69)52(39)61-56/h7-31H,32-36H2,1-6H3. The van der Waals surface area contributed by atoms with Crippen LogP contribution >= 0.6 is 24.3 Å². The van der Waals surface area contributed by atoms with Crippen LogP contribution in [0.2, 0.25) is 0 Å². The van der Waals surface area contributed by atoms with Crippen LogP contribution in [0.3, 0.4) is 0 Å². The van der Waals surface area contributed by atoms with Crippen LogP contribution in [0.5, 0.6) is 57.5 Å². The third kappa shape index (κ3) is 8.60. The Kier molecular flexibility index (Phi) is 11.1. The van der Waals surface area contributed by atoms with Gasteiger partial charge in [0.1, 0.15) is 33.9 Å². The number of hydrogen-bond donors (Lipinski definition) is 0. The van der Waals surface area contributed by atoms with E-state index in [0.717, 1.165) is 22.3 Å². The van der Waals surface area contributed by atoms with Crippen LogP contribution in [-0.4, -0.2) is 22.4 Å². The topological polar surface area (TPSA) is 109 Å². The number of para-hydroxylation sites is 6. The van der Waals surface area contributed by atoms with Crippen molar-refractivity contribution in [3.05, 3.63) is 174 Å². The first-order valence-corrected chi connectivity index (χ1v) is 27.8. The molecule has 4 atom stereocenters. The van der Waals surface area contributed by atoms with Crippen LogP contribution < -0.4 is 62.0 Å². The van der Waals surface area contributed by atoms with Crippen molar-refractivity contribution in [3.63, 3.8) is 0 Å². The summed E-state index contributed by atoms with van der Waals surface area (Å²) >= 11 is 0. The average Bonchev–Trinajstić information content (AvgIpc) is 4.07. The van der Waals surface area contributed by atoms with Crippen molar-refractivity contribution < 1.29 is 50.7 Å². The lowest BCUT2D eigenvalue weighted by Gasteiger charge is -2.34. The Balaban J connectivity index is 1.03. The van der Waals surface area contributed by atoms with Gasteiger partial charge in [0.05, 0.1) is 10.6 Å². The van der Waals surface area contributed by atoms with Gasteiger partial charge in [-0.2, -0.15) is 0 Å². The second-order valence-electron chi connectivity index (χ2n) is 20.6. The largest absolute Gasteiger partial charge is 0.530 e. The first-order valence-electron chi connectivity index (χ1n) is 23.9. The molecule has 5 aliphatic rings. The average molecular weight is 1010 g/mol. The van der Waals surface area contributed by atoms with E-state index in [1.807, 2.05) is 127 Å². The fraction of sp³-hybridized carbons (Fsp3) is 0.263. The van der Waals surface area contributed by atoms with Crippen LogP contribution in [0.15, 0.2) is 152 Å². The zero-order valence-electron chi connectivity index (χ0n) is 40.3. The van der Waals surface area contributed by atoms with Crippen molar-refractivity contribution in [2.75, 3.05) is 0 Å². The molecule has 14 heteroatoms. The minimum absolute atomic E-state index is 0.289. The van der Waals surface area contributed by atoms with Crippen molar-refractivity contribution in [3.8, 4) is 57.5 Å². The molecule has 0 N–H and O–H groups in total. The van der Waals surface area contributed by atoms with E-state index in [0.29, 0.717) is 94.0 Å². The normalized spacial score (nSPS) is 25.0. The summed E-state index contributed by atoms with van der Waals surface area (Å²) < 4.78 is 85.6. The Labute approximate surface area is 416 Å². The fourth-order valence-electron chi connectivity index (χ4n) is 10.7. The highest BCUT2D eigenvalue weighted by Gasteiger charge is 2.48. The molecular weight excluding hydrogens is 954 g/mol. The molecule has 0 aliphatic carbocycles. The Morgan fingerprint density at radius 2 is 0.789 bits per heavy atom. The van der Waals surface area contributed by atoms with Crippen molar-refractivity contribution in [1.29, 1.82) is 0 Å². The summed E-state index contributed by atoms with van der Waals surface area (Å²) in [7, 11) is -8.67. The van der Waals surface area contributed by atoms with Crippen molar-refractivity contribution in [2.45, 2.75) is 96.1 Å². The molecular formula is C57H53O11P3. The first kappa shape index (κ1) is 45.7. The summed E-state index contributed by atoms with van der Waals surface area (Å²) in [5.41, 5.74) is 1.71. The molecule has 71 heavy (non-hydrogen) atoms. The van der Waals surface area contributed by atoms with Gasteiger partial charge in [0, 0.05) is 59.7 Å². The van der Waals surface area contributed by atoms with Gasteiger partial charge >= 0.3 is 17.2 Å². The smallest absolute Gasteiger partial charge is 0.483 e. The highest BCUT2D eigenvalue weighted by molar-refractivity contribution is 7.85. The Bertz CT molecular complexity index is 3080. The summed E-state index contributed by atoms with van der Waals surface area (Å²) in [4.78, 5) is 0. The van der Waals surface area contributed by atoms with Gasteiger partial charge in [-0.3, -0.25) is 0 Å². The van der Waals surface area contributed by atoms with Crippen molar-refractivity contribution >= 4 is 40.3 Å². The lowest BCUT2D eigenvalue weighted by atomic mass is 9.84. The molecule has 4 unspecified atom stereocenters. The van der Waals surface area contributed by atoms with Gasteiger partial charge in [-0.25, -0.2) is 0 Å². The van der Waals surface area contributed by atoms with Gasteiger partial charge in [-0.15, -0.1) is 0 Å². The third-order valence-electron chi connectivity index (χ3n) is 13.4. The summed E-state index contributed by atoms with van der Waals surface area (Å²) in [6, 6.07) is 47.4. The number of rotatable bonds is 5. The van der Waals surface area contributed by atoms with E-state index in [4.69, 9.17) is 46.1 Å². The minimum Gasteiger partial charge on any atom is -0.483 e. The van der Waals surface area contributed by atoms with Crippen LogP contribution in [0, 0.1) is 0 Å². The molecule has 0 amide bonds. The number of ether oxygens (including phenoxy) is 4. The maximum Gasteiger partial charge on any atom is 0.530 e. The van der Waals surface area contributed by atoms with Gasteiger partial charge in [0.15, 0.2) is 53.1 Å². The van der Waals surface area contributed by atoms with Crippen LogP contribution in [0.25, 0.3) is 0 Å². The van der Waals surface area contributed by atoms with Crippen LogP contribution in [-0.2, 0) is 30.2 Å². The Hall–Kier alpha value is -6.37.